The fraction of sp³-hybridized carbons (Fsp3) is 0.632. The molecule has 28 heavy (non-hydrogen) atoms. The van der Waals surface area contributed by atoms with Crippen molar-refractivity contribution in [3.8, 4) is 0 Å². The Morgan fingerprint density at radius 1 is 1.36 bits per heavy atom. The van der Waals surface area contributed by atoms with Crippen molar-refractivity contribution >= 4 is 27.5 Å². The summed E-state index contributed by atoms with van der Waals surface area (Å²) in [5.41, 5.74) is -0.0207. The van der Waals surface area contributed by atoms with E-state index in [9.17, 15) is 17.6 Å². The van der Waals surface area contributed by atoms with Gasteiger partial charge >= 0.3 is 0 Å². The van der Waals surface area contributed by atoms with Crippen LogP contribution in [0.4, 0.5) is 4.39 Å². The number of rotatable bonds is 9. The normalized spacial score (nSPS) is 16.5. The number of nitrogens with one attached hydrogen (secondary N) is 1. The Bertz CT molecular complexity index is 745. The topological polar surface area (TPSA) is 75.7 Å². The van der Waals surface area contributed by atoms with Crippen molar-refractivity contribution in [2.45, 2.75) is 45.0 Å². The Hall–Kier alpha value is -1.22. The first-order chi connectivity index (χ1) is 13.2. The van der Waals surface area contributed by atoms with Crippen LogP contribution < -0.4 is 5.32 Å². The minimum atomic E-state index is -3.70. The van der Waals surface area contributed by atoms with Gasteiger partial charge in [0.15, 0.2) is 0 Å². The van der Waals surface area contributed by atoms with Crippen molar-refractivity contribution in [1.29, 1.82) is 0 Å². The summed E-state index contributed by atoms with van der Waals surface area (Å²) in [6.07, 6.45) is 1.79. The lowest BCUT2D eigenvalue weighted by Crippen LogP contribution is -2.43. The summed E-state index contributed by atoms with van der Waals surface area (Å²) >= 11 is 5.94. The Balaban J connectivity index is 1.81. The molecular formula is C19H28ClFN2O4S. The molecule has 0 unspecified atom stereocenters. The number of ether oxygens (including phenoxy) is 1. The summed E-state index contributed by atoms with van der Waals surface area (Å²) in [5.74, 6) is -1.38. The van der Waals surface area contributed by atoms with Crippen LogP contribution in [0.25, 0.3) is 0 Å². The largest absolute Gasteiger partial charge is 0.379 e. The molecule has 158 valence electrons. The molecule has 0 bridgehead atoms. The molecule has 9 heteroatoms. The van der Waals surface area contributed by atoms with E-state index in [0.717, 1.165) is 6.42 Å². The Kier molecular flexibility index (Phi) is 8.67. The fourth-order valence-electron chi connectivity index (χ4n) is 3.09. The van der Waals surface area contributed by atoms with Crippen LogP contribution in [0.3, 0.4) is 0 Å². The zero-order chi connectivity index (χ0) is 20.7. The molecule has 0 aromatic heterocycles. The number of benzene rings is 1. The van der Waals surface area contributed by atoms with Gasteiger partial charge in [0.2, 0.25) is 15.9 Å². The lowest BCUT2D eigenvalue weighted by Gasteiger charge is -2.30. The average molecular weight is 435 g/mol. The number of hydrogen-bond acceptors (Lipinski definition) is 4. The maximum Gasteiger partial charge on any atom is 0.223 e. The number of carbonyl (C=O) groups excluding carboxylic acids is 1. The number of sulfonamides is 1. The van der Waals surface area contributed by atoms with Gasteiger partial charge in [-0.15, -0.1) is 0 Å². The van der Waals surface area contributed by atoms with Crippen LogP contribution in [-0.2, 0) is 25.3 Å². The molecule has 1 amide bonds. The highest BCUT2D eigenvalue weighted by molar-refractivity contribution is 7.88. The van der Waals surface area contributed by atoms with Crippen molar-refractivity contribution in [3.05, 3.63) is 34.6 Å². The van der Waals surface area contributed by atoms with Crippen molar-refractivity contribution in [2.24, 2.45) is 5.92 Å². The first kappa shape index (κ1) is 23.1. The lowest BCUT2D eigenvalue weighted by molar-refractivity contribution is -0.126. The summed E-state index contributed by atoms with van der Waals surface area (Å²) in [4.78, 5) is 12.2. The van der Waals surface area contributed by atoms with E-state index in [-0.39, 0.29) is 41.6 Å². The standard InChI is InChI=1S/C19H28ClFN2O4S/c1-14(2)27-12-4-9-22-19(24)15-7-10-23(11-8-15)28(25,26)13-16-17(20)5-3-6-18(16)21/h3,5-6,14-15H,4,7-13H2,1-2H3,(H,22,24). The maximum absolute atomic E-state index is 13.9. The quantitative estimate of drug-likeness (QED) is 0.606. The number of amides is 1. The molecule has 0 spiro atoms. The monoisotopic (exact) mass is 434 g/mol. The molecule has 1 heterocycles. The van der Waals surface area contributed by atoms with Crippen LogP contribution in [0.2, 0.25) is 5.02 Å². The van der Waals surface area contributed by atoms with Gasteiger partial charge in [-0.05, 0) is 45.2 Å². The third kappa shape index (κ3) is 6.69. The number of nitrogens with zero attached hydrogens (tertiary/aromatic N) is 1. The third-order valence-corrected chi connectivity index (χ3v) is 6.84. The van der Waals surface area contributed by atoms with Crippen LogP contribution in [-0.4, -0.2) is 51.0 Å². The summed E-state index contributed by atoms with van der Waals surface area (Å²) in [6, 6.07) is 4.10. The molecule has 0 atom stereocenters. The van der Waals surface area contributed by atoms with E-state index in [4.69, 9.17) is 16.3 Å². The van der Waals surface area contributed by atoms with Crippen LogP contribution in [0.15, 0.2) is 18.2 Å². The molecule has 6 nitrogen and oxygen atoms in total. The van der Waals surface area contributed by atoms with Gasteiger partial charge in [-0.25, -0.2) is 17.1 Å². The van der Waals surface area contributed by atoms with Crippen molar-refractivity contribution < 1.29 is 22.3 Å². The molecule has 1 aliphatic rings. The molecule has 1 fully saturated rings. The van der Waals surface area contributed by atoms with Crippen molar-refractivity contribution in [2.75, 3.05) is 26.2 Å². The Morgan fingerprint density at radius 3 is 2.64 bits per heavy atom. The summed E-state index contributed by atoms with van der Waals surface area (Å²) in [7, 11) is -3.70. The summed E-state index contributed by atoms with van der Waals surface area (Å²) in [5, 5.41) is 2.98. The first-order valence-electron chi connectivity index (χ1n) is 9.50. The van der Waals surface area contributed by atoms with E-state index in [1.165, 1.54) is 22.5 Å². The summed E-state index contributed by atoms with van der Waals surface area (Å²) in [6.45, 7) is 5.52. The molecular weight excluding hydrogens is 407 g/mol. The first-order valence-corrected chi connectivity index (χ1v) is 11.5. The number of piperidine rings is 1. The van der Waals surface area contributed by atoms with Crippen LogP contribution in [0, 0.1) is 11.7 Å². The summed E-state index contributed by atoms with van der Waals surface area (Å²) < 4.78 is 45.9. The van der Waals surface area contributed by atoms with Gasteiger partial charge < -0.3 is 10.1 Å². The molecule has 1 saturated heterocycles. The van der Waals surface area contributed by atoms with E-state index >= 15 is 0 Å². The zero-order valence-electron chi connectivity index (χ0n) is 16.3. The predicted molar refractivity (Wildman–Crippen MR) is 107 cm³/mol. The maximum atomic E-state index is 13.9. The second-order valence-electron chi connectivity index (χ2n) is 7.19. The molecule has 0 radical (unpaired) electrons. The van der Waals surface area contributed by atoms with Crippen LogP contribution in [0.5, 0.6) is 0 Å². The highest BCUT2D eigenvalue weighted by atomic mass is 35.5. The van der Waals surface area contributed by atoms with Gasteiger partial charge in [0.1, 0.15) is 5.82 Å². The van der Waals surface area contributed by atoms with Crippen molar-refractivity contribution in [3.63, 3.8) is 0 Å². The second kappa shape index (κ2) is 10.5. The minimum absolute atomic E-state index is 0.0207. The number of carbonyl (C=O) groups is 1. The van der Waals surface area contributed by atoms with Gasteiger partial charge in [-0.2, -0.15) is 0 Å². The van der Waals surface area contributed by atoms with Gasteiger partial charge in [0.25, 0.3) is 0 Å². The third-order valence-electron chi connectivity index (χ3n) is 4.68. The van der Waals surface area contributed by atoms with Gasteiger partial charge in [0, 0.05) is 42.7 Å². The number of hydrogen-bond donors (Lipinski definition) is 1. The smallest absolute Gasteiger partial charge is 0.223 e. The van der Waals surface area contributed by atoms with Gasteiger partial charge in [-0.3, -0.25) is 4.79 Å². The Labute approximate surface area is 171 Å². The van der Waals surface area contributed by atoms with E-state index in [1.807, 2.05) is 13.8 Å². The zero-order valence-corrected chi connectivity index (χ0v) is 17.9. The van der Waals surface area contributed by atoms with E-state index in [2.05, 4.69) is 5.32 Å². The molecule has 1 aromatic rings. The van der Waals surface area contributed by atoms with Crippen LogP contribution in [0.1, 0.15) is 38.7 Å². The molecule has 1 aromatic carbocycles. The van der Waals surface area contributed by atoms with Gasteiger partial charge in [0.05, 0.1) is 11.9 Å². The van der Waals surface area contributed by atoms with Gasteiger partial charge in [-0.1, -0.05) is 17.7 Å². The van der Waals surface area contributed by atoms with Crippen molar-refractivity contribution in [1.82, 2.24) is 9.62 Å². The highest BCUT2D eigenvalue weighted by Crippen LogP contribution is 2.26. The lowest BCUT2D eigenvalue weighted by atomic mass is 9.97. The molecule has 0 aliphatic carbocycles. The van der Waals surface area contributed by atoms with E-state index in [0.29, 0.717) is 26.0 Å². The molecule has 1 N–H and O–H groups in total. The van der Waals surface area contributed by atoms with E-state index < -0.39 is 21.6 Å². The van der Waals surface area contributed by atoms with Crippen LogP contribution >= 0.6 is 11.6 Å². The molecule has 0 saturated carbocycles. The average Bonchev–Trinajstić information content (AvgIpc) is 2.64. The SMILES string of the molecule is CC(C)OCCCNC(=O)C1CCN(S(=O)(=O)Cc2c(F)cccc2Cl)CC1. The predicted octanol–water partition coefficient (Wildman–Crippen LogP) is 2.95. The fourth-order valence-corrected chi connectivity index (χ4v) is 5.00. The highest BCUT2D eigenvalue weighted by Gasteiger charge is 2.32. The number of halogens is 2. The second-order valence-corrected chi connectivity index (χ2v) is 9.57. The molecule has 1 aliphatic heterocycles. The molecule has 2 rings (SSSR count). The van der Waals surface area contributed by atoms with E-state index in [1.54, 1.807) is 0 Å². The minimum Gasteiger partial charge on any atom is -0.379 e. The Morgan fingerprint density at radius 2 is 2.04 bits per heavy atom.